The van der Waals surface area contributed by atoms with Crippen LogP contribution in [0, 0.1) is 5.41 Å². The van der Waals surface area contributed by atoms with Gasteiger partial charge >= 0.3 is 11.9 Å². The number of aliphatic carboxylic acids is 1. The Balaban J connectivity index is 2.91. The lowest BCUT2D eigenvalue weighted by atomic mass is 9.79. The number of hydrogen-bond acceptors (Lipinski definition) is 4. The van der Waals surface area contributed by atoms with Gasteiger partial charge in [-0.05, 0) is 33.6 Å². The average molecular weight is 243 g/mol. The van der Waals surface area contributed by atoms with Crippen LogP contribution in [0.15, 0.2) is 0 Å². The summed E-state index contributed by atoms with van der Waals surface area (Å²) < 4.78 is 5.31. The van der Waals surface area contributed by atoms with E-state index >= 15 is 0 Å². The standard InChI is InChI=1S/C12H21NO4/c1-11(2,3)17-10(16)12(7-9(14)15)6-4-5-8(12)13/h8H,4-7,13H2,1-3H3,(H,14,15). The predicted molar refractivity (Wildman–Crippen MR) is 62.4 cm³/mol. The first-order chi connectivity index (χ1) is 7.67. The fraction of sp³-hybridized carbons (Fsp3) is 0.833. The topological polar surface area (TPSA) is 89.6 Å². The van der Waals surface area contributed by atoms with Gasteiger partial charge in [-0.1, -0.05) is 6.42 Å². The Morgan fingerprint density at radius 2 is 2.06 bits per heavy atom. The Morgan fingerprint density at radius 1 is 1.47 bits per heavy atom. The molecule has 0 saturated heterocycles. The monoisotopic (exact) mass is 243 g/mol. The molecule has 5 nitrogen and oxygen atoms in total. The molecule has 17 heavy (non-hydrogen) atoms. The van der Waals surface area contributed by atoms with E-state index < -0.39 is 29.0 Å². The third-order valence-electron chi connectivity index (χ3n) is 3.12. The minimum absolute atomic E-state index is 0.247. The lowest BCUT2D eigenvalue weighted by Crippen LogP contribution is -2.48. The normalized spacial score (nSPS) is 29.1. The highest BCUT2D eigenvalue weighted by Gasteiger charge is 2.51. The van der Waals surface area contributed by atoms with Gasteiger partial charge in [0.25, 0.3) is 0 Å². The molecule has 0 aliphatic heterocycles. The van der Waals surface area contributed by atoms with Crippen LogP contribution in [0.3, 0.4) is 0 Å². The number of carboxylic acids is 1. The maximum atomic E-state index is 12.2. The summed E-state index contributed by atoms with van der Waals surface area (Å²) in [4.78, 5) is 23.1. The second-order valence-corrected chi connectivity index (χ2v) is 5.73. The highest BCUT2D eigenvalue weighted by Crippen LogP contribution is 2.42. The summed E-state index contributed by atoms with van der Waals surface area (Å²) in [6.45, 7) is 5.29. The predicted octanol–water partition coefficient (Wildman–Crippen LogP) is 1.30. The van der Waals surface area contributed by atoms with Gasteiger partial charge in [-0.3, -0.25) is 9.59 Å². The van der Waals surface area contributed by atoms with Crippen molar-refractivity contribution in [3.05, 3.63) is 0 Å². The van der Waals surface area contributed by atoms with Crippen LogP contribution in [0.25, 0.3) is 0 Å². The second-order valence-electron chi connectivity index (χ2n) is 5.73. The van der Waals surface area contributed by atoms with Gasteiger partial charge in [-0.15, -0.1) is 0 Å². The number of esters is 1. The van der Waals surface area contributed by atoms with Crippen LogP contribution in [0.5, 0.6) is 0 Å². The van der Waals surface area contributed by atoms with E-state index in [1.807, 2.05) is 0 Å². The minimum Gasteiger partial charge on any atom is -0.481 e. The van der Waals surface area contributed by atoms with Gasteiger partial charge in [0.2, 0.25) is 0 Å². The van der Waals surface area contributed by atoms with Crippen molar-refractivity contribution in [3.8, 4) is 0 Å². The van der Waals surface area contributed by atoms with E-state index in [9.17, 15) is 9.59 Å². The summed E-state index contributed by atoms with van der Waals surface area (Å²) in [6, 6.07) is -0.423. The zero-order valence-electron chi connectivity index (χ0n) is 10.7. The molecule has 0 aromatic carbocycles. The number of hydrogen-bond donors (Lipinski definition) is 2. The fourth-order valence-electron chi connectivity index (χ4n) is 2.29. The van der Waals surface area contributed by atoms with Gasteiger partial charge in [-0.25, -0.2) is 0 Å². The number of carbonyl (C=O) groups excluding carboxylic acids is 1. The van der Waals surface area contributed by atoms with Crippen molar-refractivity contribution < 1.29 is 19.4 Å². The summed E-state index contributed by atoms with van der Waals surface area (Å²) in [6.07, 6.45) is 1.69. The van der Waals surface area contributed by atoms with E-state index in [0.29, 0.717) is 12.8 Å². The van der Waals surface area contributed by atoms with Gasteiger partial charge in [0.15, 0.2) is 0 Å². The van der Waals surface area contributed by atoms with E-state index in [1.165, 1.54) is 0 Å². The molecule has 1 saturated carbocycles. The lowest BCUT2D eigenvalue weighted by molar-refractivity contribution is -0.171. The largest absolute Gasteiger partial charge is 0.481 e. The molecule has 2 atom stereocenters. The molecule has 0 aromatic rings. The molecule has 0 aromatic heterocycles. The Hall–Kier alpha value is -1.10. The van der Waals surface area contributed by atoms with E-state index in [-0.39, 0.29) is 6.42 Å². The molecule has 98 valence electrons. The first-order valence-corrected chi connectivity index (χ1v) is 5.88. The Bertz CT molecular complexity index is 321. The van der Waals surface area contributed by atoms with Crippen LogP contribution in [-0.2, 0) is 14.3 Å². The fourth-order valence-corrected chi connectivity index (χ4v) is 2.29. The van der Waals surface area contributed by atoms with Crippen molar-refractivity contribution in [1.82, 2.24) is 0 Å². The van der Waals surface area contributed by atoms with Crippen molar-refractivity contribution in [2.75, 3.05) is 0 Å². The molecule has 1 rings (SSSR count). The zero-order chi connectivity index (χ0) is 13.3. The minimum atomic E-state index is -1.04. The Morgan fingerprint density at radius 3 is 2.41 bits per heavy atom. The molecule has 1 aliphatic carbocycles. The third kappa shape index (κ3) is 3.19. The molecule has 0 bridgehead atoms. The molecular weight excluding hydrogens is 222 g/mol. The molecule has 0 radical (unpaired) electrons. The van der Waals surface area contributed by atoms with Crippen molar-refractivity contribution >= 4 is 11.9 Å². The molecule has 1 fully saturated rings. The first-order valence-electron chi connectivity index (χ1n) is 5.88. The van der Waals surface area contributed by atoms with Crippen LogP contribution in [0.4, 0.5) is 0 Å². The summed E-state index contributed by atoms with van der Waals surface area (Å²) in [7, 11) is 0. The van der Waals surface area contributed by atoms with Crippen LogP contribution in [0.1, 0.15) is 46.5 Å². The van der Waals surface area contributed by atoms with E-state index in [1.54, 1.807) is 20.8 Å². The van der Waals surface area contributed by atoms with Crippen LogP contribution >= 0.6 is 0 Å². The number of nitrogens with two attached hydrogens (primary N) is 1. The highest BCUT2D eigenvalue weighted by atomic mass is 16.6. The van der Waals surface area contributed by atoms with Crippen molar-refractivity contribution in [2.24, 2.45) is 11.1 Å². The van der Waals surface area contributed by atoms with E-state index in [2.05, 4.69) is 0 Å². The SMILES string of the molecule is CC(C)(C)OC(=O)C1(CC(=O)O)CCCC1N. The average Bonchev–Trinajstić information content (AvgIpc) is 2.45. The van der Waals surface area contributed by atoms with Crippen molar-refractivity contribution in [2.45, 2.75) is 58.1 Å². The molecule has 1 aliphatic rings. The quantitative estimate of drug-likeness (QED) is 0.729. The van der Waals surface area contributed by atoms with Gasteiger partial charge in [-0.2, -0.15) is 0 Å². The van der Waals surface area contributed by atoms with Crippen LogP contribution < -0.4 is 5.73 Å². The van der Waals surface area contributed by atoms with Crippen molar-refractivity contribution in [1.29, 1.82) is 0 Å². The maximum Gasteiger partial charge on any atom is 0.314 e. The van der Waals surface area contributed by atoms with Gasteiger partial charge in [0.1, 0.15) is 5.60 Å². The summed E-state index contributed by atoms with van der Waals surface area (Å²) in [5.41, 5.74) is 4.26. The Kier molecular flexibility index (Phi) is 3.81. The number of ether oxygens (including phenoxy) is 1. The number of rotatable bonds is 3. The first kappa shape index (κ1) is 14.0. The highest BCUT2D eigenvalue weighted by molar-refractivity contribution is 5.84. The van der Waals surface area contributed by atoms with E-state index in [0.717, 1.165) is 6.42 Å². The second kappa shape index (κ2) is 4.64. The molecule has 5 heteroatoms. The number of carboxylic acid groups (broad SMARTS) is 1. The van der Waals surface area contributed by atoms with Gasteiger partial charge < -0.3 is 15.6 Å². The zero-order valence-corrected chi connectivity index (χ0v) is 10.7. The molecule has 0 heterocycles. The van der Waals surface area contributed by atoms with Gasteiger partial charge in [0, 0.05) is 6.04 Å². The van der Waals surface area contributed by atoms with Crippen molar-refractivity contribution in [3.63, 3.8) is 0 Å². The third-order valence-corrected chi connectivity index (χ3v) is 3.12. The van der Waals surface area contributed by atoms with Crippen LogP contribution in [0.2, 0.25) is 0 Å². The van der Waals surface area contributed by atoms with Crippen LogP contribution in [-0.4, -0.2) is 28.7 Å². The molecular formula is C12H21NO4. The molecule has 2 unspecified atom stereocenters. The molecule has 3 N–H and O–H groups in total. The summed E-state index contributed by atoms with van der Waals surface area (Å²) in [5.74, 6) is -1.48. The van der Waals surface area contributed by atoms with E-state index in [4.69, 9.17) is 15.6 Å². The molecule has 0 amide bonds. The smallest absolute Gasteiger partial charge is 0.314 e. The maximum absolute atomic E-state index is 12.2. The number of carbonyl (C=O) groups is 2. The summed E-state index contributed by atoms with van der Waals surface area (Å²) >= 11 is 0. The summed E-state index contributed by atoms with van der Waals surface area (Å²) in [5, 5.41) is 8.94. The molecule has 0 spiro atoms. The van der Waals surface area contributed by atoms with Gasteiger partial charge in [0.05, 0.1) is 11.8 Å². The lowest BCUT2D eigenvalue weighted by Gasteiger charge is -2.33. The Labute approximate surface area is 101 Å².